The van der Waals surface area contributed by atoms with Crippen LogP contribution in [0.3, 0.4) is 0 Å². The van der Waals surface area contributed by atoms with Gasteiger partial charge in [0.05, 0.1) is 7.11 Å². The Bertz CT molecular complexity index is 464. The lowest BCUT2D eigenvalue weighted by atomic mass is 10.1. The van der Waals surface area contributed by atoms with Crippen LogP contribution in [0.2, 0.25) is 0 Å². The Kier molecular flexibility index (Phi) is 3.14. The minimum atomic E-state index is 0.814. The third-order valence-electron chi connectivity index (χ3n) is 2.08. The SMILES string of the molecule is COc1c(CBr)ccc2scc(Br)c12. The van der Waals surface area contributed by atoms with E-state index in [1.54, 1.807) is 18.4 Å². The highest BCUT2D eigenvalue weighted by Gasteiger charge is 2.11. The Balaban J connectivity index is 2.81. The molecule has 0 unspecified atom stereocenters. The summed E-state index contributed by atoms with van der Waals surface area (Å²) in [7, 11) is 1.71. The highest BCUT2D eigenvalue weighted by atomic mass is 79.9. The van der Waals surface area contributed by atoms with Gasteiger partial charge in [-0.2, -0.15) is 0 Å². The average molecular weight is 336 g/mol. The smallest absolute Gasteiger partial charge is 0.132 e. The van der Waals surface area contributed by atoms with Crippen LogP contribution in [-0.4, -0.2) is 7.11 Å². The number of fused-ring (bicyclic) bond motifs is 1. The van der Waals surface area contributed by atoms with Gasteiger partial charge in [0.15, 0.2) is 0 Å². The molecule has 1 aromatic carbocycles. The van der Waals surface area contributed by atoms with Gasteiger partial charge in [0.25, 0.3) is 0 Å². The molecule has 0 spiro atoms. The maximum absolute atomic E-state index is 5.44. The molecular weight excluding hydrogens is 328 g/mol. The molecular formula is C10H8Br2OS. The molecule has 0 saturated heterocycles. The van der Waals surface area contributed by atoms with Crippen molar-refractivity contribution in [2.75, 3.05) is 7.11 Å². The number of rotatable bonds is 2. The fourth-order valence-electron chi connectivity index (χ4n) is 1.44. The van der Waals surface area contributed by atoms with E-state index in [4.69, 9.17) is 4.74 Å². The number of benzene rings is 1. The summed E-state index contributed by atoms with van der Waals surface area (Å²) in [6, 6.07) is 4.22. The second-order valence-corrected chi connectivity index (χ2v) is 5.17. The van der Waals surface area contributed by atoms with Crippen molar-refractivity contribution >= 4 is 53.3 Å². The molecule has 0 fully saturated rings. The Morgan fingerprint density at radius 1 is 1.43 bits per heavy atom. The molecule has 1 aromatic heterocycles. The van der Waals surface area contributed by atoms with Crippen molar-refractivity contribution < 1.29 is 4.74 Å². The molecule has 0 N–H and O–H groups in total. The molecule has 1 heterocycles. The summed E-state index contributed by atoms with van der Waals surface area (Å²) in [5.41, 5.74) is 1.18. The Hall–Kier alpha value is -0.0600. The van der Waals surface area contributed by atoms with Crippen LogP contribution in [0, 0.1) is 0 Å². The monoisotopic (exact) mass is 334 g/mol. The van der Waals surface area contributed by atoms with Crippen molar-refractivity contribution in [3.05, 3.63) is 27.5 Å². The first-order valence-electron chi connectivity index (χ1n) is 4.06. The lowest BCUT2D eigenvalue weighted by Gasteiger charge is -2.07. The van der Waals surface area contributed by atoms with Gasteiger partial charge in [-0.1, -0.05) is 22.0 Å². The molecule has 2 rings (SSSR count). The van der Waals surface area contributed by atoms with Crippen LogP contribution in [0.1, 0.15) is 5.56 Å². The van der Waals surface area contributed by atoms with E-state index >= 15 is 0 Å². The van der Waals surface area contributed by atoms with Crippen LogP contribution in [0.15, 0.2) is 22.0 Å². The molecule has 74 valence electrons. The molecule has 0 aliphatic carbocycles. The van der Waals surface area contributed by atoms with E-state index in [1.807, 2.05) is 0 Å². The highest BCUT2D eigenvalue weighted by Crippen LogP contribution is 2.39. The van der Waals surface area contributed by atoms with Gasteiger partial charge in [-0.3, -0.25) is 0 Å². The van der Waals surface area contributed by atoms with E-state index in [0.717, 1.165) is 15.6 Å². The largest absolute Gasteiger partial charge is 0.496 e. The zero-order valence-electron chi connectivity index (χ0n) is 7.51. The minimum absolute atomic E-state index is 0.814. The zero-order valence-corrected chi connectivity index (χ0v) is 11.5. The van der Waals surface area contributed by atoms with E-state index in [9.17, 15) is 0 Å². The Morgan fingerprint density at radius 2 is 2.21 bits per heavy atom. The first kappa shape index (κ1) is 10.5. The number of alkyl halides is 1. The summed E-state index contributed by atoms with van der Waals surface area (Å²) in [6.45, 7) is 0. The predicted octanol–water partition coefficient (Wildman–Crippen LogP) is 4.57. The summed E-state index contributed by atoms with van der Waals surface area (Å²) in [4.78, 5) is 0. The maximum Gasteiger partial charge on any atom is 0.132 e. The molecule has 4 heteroatoms. The van der Waals surface area contributed by atoms with E-state index < -0.39 is 0 Å². The van der Waals surface area contributed by atoms with Crippen molar-refractivity contribution in [2.24, 2.45) is 0 Å². The first-order valence-corrected chi connectivity index (χ1v) is 6.86. The van der Waals surface area contributed by atoms with Crippen molar-refractivity contribution in [3.8, 4) is 5.75 Å². The lowest BCUT2D eigenvalue weighted by molar-refractivity contribution is 0.416. The Labute approximate surface area is 103 Å². The topological polar surface area (TPSA) is 9.23 Å². The van der Waals surface area contributed by atoms with Gasteiger partial charge in [0.2, 0.25) is 0 Å². The highest BCUT2D eigenvalue weighted by molar-refractivity contribution is 9.10. The molecule has 0 saturated carbocycles. The van der Waals surface area contributed by atoms with E-state index in [1.165, 1.54) is 15.6 Å². The summed E-state index contributed by atoms with van der Waals surface area (Å²) in [5, 5.41) is 4.08. The number of halogens is 2. The van der Waals surface area contributed by atoms with E-state index in [0.29, 0.717) is 0 Å². The van der Waals surface area contributed by atoms with E-state index in [2.05, 4.69) is 49.4 Å². The molecule has 14 heavy (non-hydrogen) atoms. The second kappa shape index (κ2) is 4.21. The summed E-state index contributed by atoms with van der Waals surface area (Å²) >= 11 is 8.71. The van der Waals surface area contributed by atoms with Crippen LogP contribution in [-0.2, 0) is 5.33 Å². The normalized spacial score (nSPS) is 10.8. The molecule has 2 aromatic rings. The van der Waals surface area contributed by atoms with Crippen molar-refractivity contribution in [2.45, 2.75) is 5.33 Å². The molecule has 0 bridgehead atoms. The Morgan fingerprint density at radius 3 is 2.86 bits per heavy atom. The molecule has 0 aliphatic heterocycles. The summed E-state index contributed by atoms with van der Waals surface area (Å²) < 4.78 is 7.79. The van der Waals surface area contributed by atoms with Crippen molar-refractivity contribution in [1.29, 1.82) is 0 Å². The zero-order chi connectivity index (χ0) is 10.1. The minimum Gasteiger partial charge on any atom is -0.496 e. The number of thiophene rings is 1. The predicted molar refractivity (Wildman–Crippen MR) is 68.7 cm³/mol. The van der Waals surface area contributed by atoms with Gasteiger partial charge in [-0.15, -0.1) is 11.3 Å². The maximum atomic E-state index is 5.44. The standard InChI is InChI=1S/C10H8Br2OS/c1-13-10-6(4-11)2-3-8-9(10)7(12)5-14-8/h2-3,5H,4H2,1H3. The van der Waals surface area contributed by atoms with Gasteiger partial charge in [0.1, 0.15) is 5.75 Å². The molecule has 0 amide bonds. The number of hydrogen-bond donors (Lipinski definition) is 0. The van der Waals surface area contributed by atoms with Crippen LogP contribution in [0.4, 0.5) is 0 Å². The van der Waals surface area contributed by atoms with Gasteiger partial charge >= 0.3 is 0 Å². The fourth-order valence-corrected chi connectivity index (χ4v) is 3.51. The van der Waals surface area contributed by atoms with Crippen molar-refractivity contribution in [3.63, 3.8) is 0 Å². The molecule has 0 atom stereocenters. The van der Waals surface area contributed by atoms with E-state index in [-0.39, 0.29) is 0 Å². The number of methoxy groups -OCH3 is 1. The van der Waals surface area contributed by atoms with Crippen LogP contribution in [0.25, 0.3) is 10.1 Å². The van der Waals surface area contributed by atoms with Gasteiger partial charge < -0.3 is 4.74 Å². The molecule has 0 radical (unpaired) electrons. The number of hydrogen-bond acceptors (Lipinski definition) is 2. The number of ether oxygens (including phenoxy) is 1. The second-order valence-electron chi connectivity index (χ2n) is 2.85. The summed E-state index contributed by atoms with van der Waals surface area (Å²) in [5.74, 6) is 0.965. The first-order chi connectivity index (χ1) is 6.77. The average Bonchev–Trinajstić information content (AvgIpc) is 2.59. The third kappa shape index (κ3) is 1.59. The van der Waals surface area contributed by atoms with Crippen LogP contribution >= 0.6 is 43.2 Å². The van der Waals surface area contributed by atoms with Crippen LogP contribution < -0.4 is 4.74 Å². The fraction of sp³-hybridized carbons (Fsp3) is 0.200. The quantitative estimate of drug-likeness (QED) is 0.730. The van der Waals surface area contributed by atoms with Crippen LogP contribution in [0.5, 0.6) is 5.75 Å². The summed E-state index contributed by atoms with van der Waals surface area (Å²) in [6.07, 6.45) is 0. The molecule has 0 aliphatic rings. The van der Waals surface area contributed by atoms with Crippen molar-refractivity contribution in [1.82, 2.24) is 0 Å². The van der Waals surface area contributed by atoms with Gasteiger partial charge in [0, 0.05) is 30.8 Å². The molecule has 1 nitrogen and oxygen atoms in total. The third-order valence-corrected chi connectivity index (χ3v) is 4.56. The van der Waals surface area contributed by atoms with Gasteiger partial charge in [-0.05, 0) is 22.0 Å². The lowest BCUT2D eigenvalue weighted by Crippen LogP contribution is -1.89. The van der Waals surface area contributed by atoms with Gasteiger partial charge in [-0.25, -0.2) is 0 Å².